The summed E-state index contributed by atoms with van der Waals surface area (Å²) in [7, 11) is 8.47. The summed E-state index contributed by atoms with van der Waals surface area (Å²) in [4.78, 5) is 4.43. The molecule has 0 aliphatic heterocycles. The van der Waals surface area contributed by atoms with Crippen molar-refractivity contribution in [3.05, 3.63) is 42.0 Å². The predicted molar refractivity (Wildman–Crippen MR) is 85.2 cm³/mol. The Morgan fingerprint density at radius 1 is 0.842 bits per heavy atom. The third-order valence-corrected chi connectivity index (χ3v) is 3.52. The van der Waals surface area contributed by atoms with Crippen LogP contribution in [0, 0.1) is 0 Å². The van der Waals surface area contributed by atoms with Crippen molar-refractivity contribution >= 4 is 16.5 Å². The van der Waals surface area contributed by atoms with Gasteiger partial charge >= 0.3 is 0 Å². The highest BCUT2D eigenvalue weighted by atomic mass is 15.1. The van der Waals surface area contributed by atoms with Crippen LogP contribution in [0.5, 0.6) is 0 Å². The van der Waals surface area contributed by atoms with E-state index in [1.807, 2.05) is 0 Å². The molecule has 0 unspecified atom stereocenters. The zero-order valence-corrected chi connectivity index (χ0v) is 12.5. The summed E-state index contributed by atoms with van der Waals surface area (Å²) < 4.78 is 0. The van der Waals surface area contributed by atoms with Crippen molar-refractivity contribution in [1.82, 2.24) is 4.90 Å². The van der Waals surface area contributed by atoms with Crippen molar-refractivity contribution in [2.75, 3.05) is 39.6 Å². The van der Waals surface area contributed by atoms with Crippen molar-refractivity contribution in [3.63, 3.8) is 0 Å². The second-order valence-corrected chi connectivity index (χ2v) is 5.59. The van der Waals surface area contributed by atoms with Crippen LogP contribution in [0.25, 0.3) is 10.8 Å². The molecule has 0 aliphatic carbocycles. The standard InChI is InChI=1S/C17H24N2/c1-18(2)13-7-8-14-11-12-17(19(3)4)16-10-6-5-9-15(14)16/h5-6,9-12H,7-8,13H2,1-4H3. The van der Waals surface area contributed by atoms with Crippen LogP contribution in [0.1, 0.15) is 12.0 Å². The van der Waals surface area contributed by atoms with Crippen molar-refractivity contribution in [2.45, 2.75) is 12.8 Å². The molecule has 0 aliphatic rings. The Bertz CT molecular complexity index is 544. The largest absolute Gasteiger partial charge is 0.377 e. The fourth-order valence-electron chi connectivity index (χ4n) is 2.54. The van der Waals surface area contributed by atoms with Crippen LogP contribution in [0.3, 0.4) is 0 Å². The van der Waals surface area contributed by atoms with E-state index in [1.165, 1.54) is 28.4 Å². The van der Waals surface area contributed by atoms with Gasteiger partial charge in [-0.2, -0.15) is 0 Å². The van der Waals surface area contributed by atoms with E-state index in [-0.39, 0.29) is 0 Å². The molecule has 0 amide bonds. The van der Waals surface area contributed by atoms with Gasteiger partial charge in [0.15, 0.2) is 0 Å². The second-order valence-electron chi connectivity index (χ2n) is 5.59. The van der Waals surface area contributed by atoms with E-state index < -0.39 is 0 Å². The van der Waals surface area contributed by atoms with Crippen LogP contribution in [0.15, 0.2) is 36.4 Å². The normalized spacial score (nSPS) is 11.2. The second kappa shape index (κ2) is 6.07. The first-order chi connectivity index (χ1) is 9.09. The van der Waals surface area contributed by atoms with Gasteiger partial charge in [-0.1, -0.05) is 30.3 Å². The fourth-order valence-corrected chi connectivity index (χ4v) is 2.54. The fraction of sp³-hybridized carbons (Fsp3) is 0.412. The Morgan fingerprint density at radius 2 is 1.53 bits per heavy atom. The number of fused-ring (bicyclic) bond motifs is 1. The third-order valence-electron chi connectivity index (χ3n) is 3.52. The highest BCUT2D eigenvalue weighted by Crippen LogP contribution is 2.29. The average Bonchev–Trinajstić information content (AvgIpc) is 2.38. The van der Waals surface area contributed by atoms with Crippen molar-refractivity contribution in [2.24, 2.45) is 0 Å². The van der Waals surface area contributed by atoms with Gasteiger partial charge in [0.2, 0.25) is 0 Å². The molecule has 0 saturated heterocycles. The first kappa shape index (κ1) is 13.9. The van der Waals surface area contributed by atoms with Gasteiger partial charge in [-0.25, -0.2) is 0 Å². The van der Waals surface area contributed by atoms with Gasteiger partial charge in [0.05, 0.1) is 0 Å². The lowest BCUT2D eigenvalue weighted by molar-refractivity contribution is 0.400. The van der Waals surface area contributed by atoms with Crippen LogP contribution < -0.4 is 4.90 Å². The molecule has 0 fully saturated rings. The average molecular weight is 256 g/mol. The SMILES string of the molecule is CN(C)CCCc1ccc(N(C)C)c2ccccc12. The summed E-state index contributed by atoms with van der Waals surface area (Å²) in [6, 6.07) is 13.3. The Hall–Kier alpha value is -1.54. The highest BCUT2D eigenvalue weighted by molar-refractivity contribution is 5.96. The van der Waals surface area contributed by atoms with Gasteiger partial charge in [-0.05, 0) is 50.5 Å². The summed E-state index contributed by atoms with van der Waals surface area (Å²) in [5.74, 6) is 0. The molecule has 0 radical (unpaired) electrons. The van der Waals surface area contributed by atoms with Crippen LogP contribution in [-0.4, -0.2) is 39.6 Å². The maximum absolute atomic E-state index is 2.29. The van der Waals surface area contributed by atoms with E-state index in [1.54, 1.807) is 0 Å². The smallest absolute Gasteiger partial charge is 0.0440 e. The first-order valence-corrected chi connectivity index (χ1v) is 6.92. The van der Waals surface area contributed by atoms with E-state index in [9.17, 15) is 0 Å². The number of hydrogen-bond acceptors (Lipinski definition) is 2. The molecule has 0 saturated carbocycles. The number of aryl methyl sites for hydroxylation is 1. The van der Waals surface area contributed by atoms with Crippen LogP contribution in [-0.2, 0) is 6.42 Å². The molecule has 102 valence electrons. The molecule has 0 atom stereocenters. The van der Waals surface area contributed by atoms with Gasteiger partial charge in [-0.15, -0.1) is 0 Å². The minimum atomic E-state index is 1.14. The van der Waals surface area contributed by atoms with Crippen molar-refractivity contribution in [3.8, 4) is 0 Å². The number of anilines is 1. The predicted octanol–water partition coefficient (Wildman–Crippen LogP) is 3.40. The lowest BCUT2D eigenvalue weighted by Crippen LogP contribution is -2.13. The molecule has 2 aromatic rings. The molecule has 2 heteroatoms. The molecule has 0 aromatic heterocycles. The highest BCUT2D eigenvalue weighted by Gasteiger charge is 2.06. The zero-order chi connectivity index (χ0) is 13.8. The Morgan fingerprint density at radius 3 is 2.16 bits per heavy atom. The van der Waals surface area contributed by atoms with Gasteiger partial charge in [0.25, 0.3) is 0 Å². The maximum Gasteiger partial charge on any atom is 0.0440 e. The molecule has 0 spiro atoms. The van der Waals surface area contributed by atoms with Crippen LogP contribution >= 0.6 is 0 Å². The van der Waals surface area contributed by atoms with E-state index in [4.69, 9.17) is 0 Å². The number of benzene rings is 2. The monoisotopic (exact) mass is 256 g/mol. The minimum Gasteiger partial charge on any atom is -0.377 e. The minimum absolute atomic E-state index is 1.14. The van der Waals surface area contributed by atoms with Gasteiger partial charge in [-0.3, -0.25) is 0 Å². The summed E-state index contributed by atoms with van der Waals surface area (Å²) in [5, 5.41) is 2.75. The summed E-state index contributed by atoms with van der Waals surface area (Å²) in [5.41, 5.74) is 2.76. The Balaban J connectivity index is 2.33. The molecule has 0 bridgehead atoms. The zero-order valence-electron chi connectivity index (χ0n) is 12.5. The quantitative estimate of drug-likeness (QED) is 0.809. The summed E-state index contributed by atoms with van der Waals surface area (Å²) in [6.45, 7) is 1.14. The van der Waals surface area contributed by atoms with Gasteiger partial charge in [0, 0.05) is 25.2 Å². The van der Waals surface area contributed by atoms with Gasteiger partial charge < -0.3 is 9.80 Å². The topological polar surface area (TPSA) is 6.48 Å². The number of nitrogens with zero attached hydrogens (tertiary/aromatic N) is 2. The van der Waals surface area contributed by atoms with E-state index >= 15 is 0 Å². The first-order valence-electron chi connectivity index (χ1n) is 6.92. The lowest BCUT2D eigenvalue weighted by atomic mass is 9.99. The summed E-state index contributed by atoms with van der Waals surface area (Å²) in [6.07, 6.45) is 2.35. The van der Waals surface area contributed by atoms with E-state index in [0.29, 0.717) is 0 Å². The van der Waals surface area contributed by atoms with E-state index in [2.05, 4.69) is 74.4 Å². The van der Waals surface area contributed by atoms with Crippen molar-refractivity contribution in [1.29, 1.82) is 0 Å². The molecule has 19 heavy (non-hydrogen) atoms. The molecule has 2 aromatic carbocycles. The van der Waals surface area contributed by atoms with Crippen molar-refractivity contribution < 1.29 is 0 Å². The van der Waals surface area contributed by atoms with Gasteiger partial charge in [0.1, 0.15) is 0 Å². The lowest BCUT2D eigenvalue weighted by Gasteiger charge is -2.18. The molecule has 0 heterocycles. The number of rotatable bonds is 5. The third kappa shape index (κ3) is 3.27. The molecule has 0 N–H and O–H groups in total. The van der Waals surface area contributed by atoms with E-state index in [0.717, 1.165) is 13.0 Å². The molecule has 2 rings (SSSR count). The maximum atomic E-state index is 2.29. The molecule has 2 nitrogen and oxygen atoms in total. The summed E-state index contributed by atoms with van der Waals surface area (Å²) >= 11 is 0. The Labute approximate surface area is 116 Å². The van der Waals surface area contributed by atoms with Crippen LogP contribution in [0.4, 0.5) is 5.69 Å². The Kier molecular flexibility index (Phi) is 4.43. The molecular formula is C17H24N2. The van der Waals surface area contributed by atoms with Crippen LogP contribution in [0.2, 0.25) is 0 Å². The molecular weight excluding hydrogens is 232 g/mol. The number of hydrogen-bond donors (Lipinski definition) is 0.